The summed E-state index contributed by atoms with van der Waals surface area (Å²) in [7, 11) is 1.58. The zero-order chi connectivity index (χ0) is 22.4. The Morgan fingerprint density at radius 2 is 1.55 bits per heavy atom. The molecule has 1 atom stereocenters. The highest BCUT2D eigenvalue weighted by atomic mass is 32.2. The average molecular weight is 435 g/mol. The third-order valence-corrected chi connectivity index (χ3v) is 5.71. The zero-order valence-electron chi connectivity index (χ0n) is 18.1. The van der Waals surface area contributed by atoms with Gasteiger partial charge in [-0.05, 0) is 86.5 Å². The molecule has 0 aliphatic rings. The van der Waals surface area contributed by atoms with Crippen molar-refractivity contribution in [3.05, 3.63) is 83.4 Å². The summed E-state index contributed by atoms with van der Waals surface area (Å²) in [4.78, 5) is 26.0. The van der Waals surface area contributed by atoms with Gasteiger partial charge < -0.3 is 15.4 Å². The summed E-state index contributed by atoms with van der Waals surface area (Å²) in [6, 6.07) is 20.4. The molecule has 3 aromatic rings. The fourth-order valence-electron chi connectivity index (χ4n) is 3.14. The predicted molar refractivity (Wildman–Crippen MR) is 127 cm³/mol. The maximum atomic E-state index is 12.6. The maximum Gasteiger partial charge on any atom is 0.255 e. The van der Waals surface area contributed by atoms with Crippen LogP contribution in [0.1, 0.15) is 28.4 Å². The third-order valence-electron chi connectivity index (χ3n) is 4.62. The molecule has 0 aliphatic heterocycles. The van der Waals surface area contributed by atoms with Gasteiger partial charge in [-0.1, -0.05) is 12.1 Å². The van der Waals surface area contributed by atoms with Crippen molar-refractivity contribution in [1.82, 2.24) is 0 Å². The van der Waals surface area contributed by atoms with Crippen molar-refractivity contribution in [2.24, 2.45) is 0 Å². The average Bonchev–Trinajstić information content (AvgIpc) is 2.73. The Balaban J connectivity index is 1.62. The number of rotatable bonds is 7. The molecule has 6 heteroatoms. The number of anilines is 2. The molecular weight excluding hydrogens is 408 g/mol. The van der Waals surface area contributed by atoms with Crippen molar-refractivity contribution in [1.29, 1.82) is 0 Å². The lowest BCUT2D eigenvalue weighted by molar-refractivity contribution is -0.115. The number of methoxy groups -OCH3 is 1. The molecule has 0 heterocycles. The first-order chi connectivity index (χ1) is 14.8. The maximum absolute atomic E-state index is 12.6. The van der Waals surface area contributed by atoms with E-state index in [1.54, 1.807) is 31.4 Å². The quantitative estimate of drug-likeness (QED) is 0.469. The summed E-state index contributed by atoms with van der Waals surface area (Å²) in [5.41, 5.74) is 4.23. The minimum absolute atomic E-state index is 0.0670. The molecule has 3 aromatic carbocycles. The van der Waals surface area contributed by atoms with Gasteiger partial charge in [0, 0.05) is 21.8 Å². The minimum atomic E-state index is -0.298. The van der Waals surface area contributed by atoms with Gasteiger partial charge in [0.15, 0.2) is 0 Å². The van der Waals surface area contributed by atoms with Gasteiger partial charge in [0.25, 0.3) is 5.91 Å². The topological polar surface area (TPSA) is 67.4 Å². The van der Waals surface area contributed by atoms with Gasteiger partial charge in [-0.15, -0.1) is 11.8 Å². The van der Waals surface area contributed by atoms with Crippen LogP contribution in [0.25, 0.3) is 0 Å². The molecule has 2 N–H and O–H groups in total. The van der Waals surface area contributed by atoms with E-state index in [1.165, 1.54) is 11.8 Å². The van der Waals surface area contributed by atoms with E-state index in [0.717, 1.165) is 21.7 Å². The second-order valence-corrected chi connectivity index (χ2v) is 8.75. The van der Waals surface area contributed by atoms with Crippen LogP contribution in [0.15, 0.2) is 71.6 Å². The molecule has 3 rings (SSSR count). The van der Waals surface area contributed by atoms with Gasteiger partial charge in [-0.2, -0.15) is 0 Å². The van der Waals surface area contributed by atoms with E-state index in [0.29, 0.717) is 17.0 Å². The summed E-state index contributed by atoms with van der Waals surface area (Å²) < 4.78 is 5.12. The number of carbonyl (C=O) groups is 2. The Hall–Kier alpha value is -3.25. The Kier molecular flexibility index (Phi) is 7.36. The van der Waals surface area contributed by atoms with Gasteiger partial charge in [-0.3, -0.25) is 9.59 Å². The molecular formula is C25H26N2O3S. The van der Waals surface area contributed by atoms with Crippen molar-refractivity contribution in [2.45, 2.75) is 30.9 Å². The lowest BCUT2D eigenvalue weighted by Crippen LogP contribution is -2.22. The fraction of sp³-hybridized carbons (Fsp3) is 0.200. The molecule has 0 saturated carbocycles. The van der Waals surface area contributed by atoms with Crippen molar-refractivity contribution in [3.63, 3.8) is 0 Å². The van der Waals surface area contributed by atoms with Crippen LogP contribution in [0.4, 0.5) is 11.4 Å². The van der Waals surface area contributed by atoms with E-state index in [-0.39, 0.29) is 17.1 Å². The Morgan fingerprint density at radius 3 is 2.19 bits per heavy atom. The van der Waals surface area contributed by atoms with Crippen LogP contribution in [0.2, 0.25) is 0 Å². The van der Waals surface area contributed by atoms with Crippen molar-refractivity contribution >= 4 is 35.0 Å². The third kappa shape index (κ3) is 6.36. The van der Waals surface area contributed by atoms with Crippen molar-refractivity contribution in [2.75, 3.05) is 17.7 Å². The zero-order valence-corrected chi connectivity index (χ0v) is 18.9. The predicted octanol–water partition coefficient (Wildman–Crippen LogP) is 5.68. The number of hydrogen-bond donors (Lipinski definition) is 2. The van der Waals surface area contributed by atoms with E-state index in [9.17, 15) is 9.59 Å². The van der Waals surface area contributed by atoms with Crippen LogP contribution in [0, 0.1) is 13.8 Å². The Bertz CT molecular complexity index is 1060. The summed E-state index contributed by atoms with van der Waals surface area (Å²) >= 11 is 1.44. The van der Waals surface area contributed by atoms with E-state index in [4.69, 9.17) is 4.74 Å². The van der Waals surface area contributed by atoms with Crippen molar-refractivity contribution in [3.8, 4) is 5.75 Å². The summed E-state index contributed by atoms with van der Waals surface area (Å²) in [5.74, 6) is 0.427. The number of hydrogen-bond acceptors (Lipinski definition) is 4. The van der Waals surface area contributed by atoms with Gasteiger partial charge in [-0.25, -0.2) is 0 Å². The molecule has 31 heavy (non-hydrogen) atoms. The smallest absolute Gasteiger partial charge is 0.255 e. The van der Waals surface area contributed by atoms with Gasteiger partial charge in [0.1, 0.15) is 5.75 Å². The van der Waals surface area contributed by atoms with Crippen LogP contribution in [-0.2, 0) is 4.79 Å². The lowest BCUT2D eigenvalue weighted by atomic mass is 10.1. The van der Waals surface area contributed by atoms with Crippen LogP contribution >= 0.6 is 11.8 Å². The highest BCUT2D eigenvalue weighted by molar-refractivity contribution is 8.00. The summed E-state index contributed by atoms with van der Waals surface area (Å²) in [5, 5.41) is 5.58. The fourth-order valence-corrected chi connectivity index (χ4v) is 4.07. The number of aryl methyl sites for hydroxylation is 2. The molecule has 0 bridgehead atoms. The molecule has 0 fully saturated rings. The first kappa shape index (κ1) is 22.4. The standard InChI is InChI=1S/C25H26N2O3S/c1-16-12-17(2)14-21(13-16)27-24(28)18(3)31-23-7-5-6-20(15-23)26-25(29)19-8-10-22(30-4)11-9-19/h5-15,18H,1-4H3,(H,26,29)(H,27,28). The highest BCUT2D eigenvalue weighted by Crippen LogP contribution is 2.27. The second kappa shape index (κ2) is 10.2. The van der Waals surface area contributed by atoms with Gasteiger partial charge in [0.2, 0.25) is 5.91 Å². The monoisotopic (exact) mass is 434 g/mol. The van der Waals surface area contributed by atoms with Crippen LogP contribution in [-0.4, -0.2) is 24.2 Å². The normalized spacial score (nSPS) is 11.5. The number of ether oxygens (including phenoxy) is 1. The number of benzene rings is 3. The molecule has 160 valence electrons. The van der Waals surface area contributed by atoms with Gasteiger partial charge >= 0.3 is 0 Å². The van der Waals surface area contributed by atoms with E-state index in [2.05, 4.69) is 16.7 Å². The molecule has 0 aromatic heterocycles. The van der Waals surface area contributed by atoms with Crippen molar-refractivity contribution < 1.29 is 14.3 Å². The SMILES string of the molecule is COc1ccc(C(=O)Nc2cccc(SC(C)C(=O)Nc3cc(C)cc(C)c3)c2)cc1. The van der Waals surface area contributed by atoms with E-state index < -0.39 is 0 Å². The Labute approximate surface area is 187 Å². The highest BCUT2D eigenvalue weighted by Gasteiger charge is 2.15. The molecule has 0 radical (unpaired) electrons. The molecule has 0 saturated heterocycles. The summed E-state index contributed by atoms with van der Waals surface area (Å²) in [6.45, 7) is 5.88. The van der Waals surface area contributed by atoms with E-state index in [1.807, 2.05) is 57.2 Å². The lowest BCUT2D eigenvalue weighted by Gasteiger charge is -2.14. The number of nitrogens with one attached hydrogen (secondary N) is 2. The first-order valence-electron chi connectivity index (χ1n) is 9.95. The molecule has 0 aliphatic carbocycles. The van der Waals surface area contributed by atoms with E-state index >= 15 is 0 Å². The van der Waals surface area contributed by atoms with Crippen LogP contribution < -0.4 is 15.4 Å². The largest absolute Gasteiger partial charge is 0.497 e. The molecule has 1 unspecified atom stereocenters. The summed E-state index contributed by atoms with van der Waals surface area (Å²) in [6.07, 6.45) is 0. The molecule has 2 amide bonds. The minimum Gasteiger partial charge on any atom is -0.497 e. The molecule has 0 spiro atoms. The van der Waals surface area contributed by atoms with Crippen LogP contribution in [0.5, 0.6) is 5.75 Å². The Morgan fingerprint density at radius 1 is 0.871 bits per heavy atom. The molecule has 5 nitrogen and oxygen atoms in total. The second-order valence-electron chi connectivity index (χ2n) is 7.34. The number of carbonyl (C=O) groups excluding carboxylic acids is 2. The number of thioether (sulfide) groups is 1. The van der Waals surface area contributed by atoms with Crippen LogP contribution in [0.3, 0.4) is 0 Å². The first-order valence-corrected chi connectivity index (χ1v) is 10.8. The van der Waals surface area contributed by atoms with Gasteiger partial charge in [0.05, 0.1) is 12.4 Å². The number of amides is 2.